The van der Waals surface area contributed by atoms with Gasteiger partial charge in [0.15, 0.2) is 0 Å². The van der Waals surface area contributed by atoms with Crippen LogP contribution in [0.2, 0.25) is 0 Å². The van der Waals surface area contributed by atoms with E-state index in [1.807, 2.05) is 120 Å². The minimum atomic E-state index is -0.749. The molecule has 18 heteroatoms. The molecule has 0 unspecified atom stereocenters. The van der Waals surface area contributed by atoms with Gasteiger partial charge in [-0.15, -0.1) is 23.5 Å². The molecule has 8 rings (SSSR count). The first kappa shape index (κ1) is 46.2. The molecule has 16 nitrogen and oxygen atoms in total. The number of anilines is 2. The molecule has 0 aliphatic carbocycles. The molecule has 4 aromatic heterocycles. The van der Waals surface area contributed by atoms with Crippen LogP contribution in [0.15, 0.2) is 73.1 Å². The van der Waals surface area contributed by atoms with E-state index in [9.17, 15) is 14.4 Å². The van der Waals surface area contributed by atoms with Crippen molar-refractivity contribution in [2.45, 2.75) is 62.6 Å². The van der Waals surface area contributed by atoms with Crippen LogP contribution in [-0.2, 0) is 21.4 Å². The highest BCUT2D eigenvalue weighted by molar-refractivity contribution is 8.01. The van der Waals surface area contributed by atoms with Crippen molar-refractivity contribution in [3.8, 4) is 34.3 Å². The number of hydrogen-bond donors (Lipinski definition) is 4. The van der Waals surface area contributed by atoms with Gasteiger partial charge < -0.3 is 35.1 Å². The number of likely N-dealkylation sites (tertiary alicyclic amines) is 1. The molecule has 0 spiro atoms. The zero-order valence-electron chi connectivity index (χ0n) is 37.5. The van der Waals surface area contributed by atoms with E-state index in [0.29, 0.717) is 56.7 Å². The number of amides is 3. The van der Waals surface area contributed by atoms with E-state index in [1.165, 1.54) is 11.8 Å². The average Bonchev–Trinajstić information content (AvgIpc) is 4.10. The zero-order chi connectivity index (χ0) is 45.6. The largest absolute Gasteiger partial charge is 0.478 e. The van der Waals surface area contributed by atoms with E-state index in [1.54, 1.807) is 29.1 Å². The minimum absolute atomic E-state index is 0.0388. The smallest absolute Gasteiger partial charge is 0.410 e. The number of carbonyl (C=O) groups excluding carboxylic acids is 3. The Bertz CT molecular complexity index is 2640. The molecule has 2 atom stereocenters. The van der Waals surface area contributed by atoms with Crippen molar-refractivity contribution in [2.75, 3.05) is 62.5 Å². The predicted molar refractivity (Wildman–Crippen MR) is 255 cm³/mol. The minimum Gasteiger partial charge on any atom is -0.478 e. The number of aryl methyl sites for hydroxylation is 1. The lowest BCUT2D eigenvalue weighted by Crippen LogP contribution is -2.44. The van der Waals surface area contributed by atoms with Crippen LogP contribution >= 0.6 is 23.5 Å². The number of aromatic nitrogens is 6. The number of H-pyrrole nitrogens is 1. The first-order valence-corrected chi connectivity index (χ1v) is 23.7. The molecule has 2 saturated heterocycles. The Hall–Kier alpha value is -5.85. The second kappa shape index (κ2) is 19.5. The molecule has 6 aromatic rings. The van der Waals surface area contributed by atoms with Crippen molar-refractivity contribution in [1.29, 1.82) is 0 Å². The molecular weight excluding hydrogens is 853 g/mol. The van der Waals surface area contributed by atoms with Gasteiger partial charge in [-0.25, -0.2) is 14.8 Å². The molecule has 6 heterocycles. The van der Waals surface area contributed by atoms with Gasteiger partial charge in [0.25, 0.3) is 0 Å². The van der Waals surface area contributed by atoms with Crippen LogP contribution in [0.1, 0.15) is 47.5 Å². The Balaban J connectivity index is 0.000000197. The highest BCUT2D eigenvalue weighted by Crippen LogP contribution is 2.38. The van der Waals surface area contributed by atoms with E-state index in [-0.39, 0.29) is 11.8 Å². The van der Waals surface area contributed by atoms with E-state index in [2.05, 4.69) is 36.1 Å². The Morgan fingerprint density at radius 3 is 2.00 bits per heavy atom. The molecule has 2 aliphatic rings. The van der Waals surface area contributed by atoms with Gasteiger partial charge in [-0.3, -0.25) is 19.4 Å². The molecule has 0 bridgehead atoms. The summed E-state index contributed by atoms with van der Waals surface area (Å²) < 4.78 is 17.2. The molecule has 64 heavy (non-hydrogen) atoms. The van der Waals surface area contributed by atoms with Crippen LogP contribution in [0.25, 0.3) is 44.3 Å². The summed E-state index contributed by atoms with van der Waals surface area (Å²) in [5.41, 5.74) is 6.07. The first-order chi connectivity index (χ1) is 30.7. The fourth-order valence-corrected chi connectivity index (χ4v) is 9.37. The number of pyridine rings is 2. The van der Waals surface area contributed by atoms with Crippen molar-refractivity contribution in [3.05, 3.63) is 73.1 Å². The van der Waals surface area contributed by atoms with Crippen LogP contribution in [0.4, 0.5) is 16.2 Å². The summed E-state index contributed by atoms with van der Waals surface area (Å²) in [5.74, 6) is 1.01. The third-order valence-electron chi connectivity index (χ3n) is 11.1. The van der Waals surface area contributed by atoms with Crippen molar-refractivity contribution in [3.63, 3.8) is 0 Å². The van der Waals surface area contributed by atoms with Crippen molar-refractivity contribution < 1.29 is 28.6 Å². The molecule has 2 fully saturated rings. The lowest BCUT2D eigenvalue weighted by Gasteiger charge is -2.28. The molecule has 3 amide bonds. The van der Waals surface area contributed by atoms with E-state index >= 15 is 0 Å². The van der Waals surface area contributed by atoms with Gasteiger partial charge in [0.1, 0.15) is 26.5 Å². The van der Waals surface area contributed by atoms with Gasteiger partial charge in [0.05, 0.1) is 24.2 Å². The number of benzene rings is 2. The van der Waals surface area contributed by atoms with Crippen molar-refractivity contribution in [1.82, 2.24) is 40.2 Å². The number of aromatic amines is 1. The van der Waals surface area contributed by atoms with Gasteiger partial charge in [0, 0.05) is 84.5 Å². The highest BCUT2D eigenvalue weighted by Gasteiger charge is 2.46. The van der Waals surface area contributed by atoms with E-state index < -0.39 is 21.2 Å². The number of fused-ring (bicyclic) bond motifs is 2. The number of ether oxygens (including phenoxy) is 3. The second-order valence-corrected chi connectivity index (χ2v) is 18.9. The molecular formula is C46H56N10O6S2. The number of nitrogens with zero attached hydrogens (tertiary/aromatic N) is 6. The molecule has 0 radical (unpaired) electrons. The van der Waals surface area contributed by atoms with Crippen LogP contribution in [-0.4, -0.2) is 120 Å². The standard InChI is InChI=1S/C26H33N5O4S.C20H23N5O2S/c1-7-34-21-14-17(10-12-27-21)22-19-15-18(8-9-20(19)30(5)29-22)28-23(32)26(36-6)11-13-31(16-26)24(33)35-25(2,3)4;1-3-27-17-10-13(6-8-22-17)18-15-11-14(4-5-16(15)24-25-18)23-19(26)20(28-2)7-9-21-12-20/h8-10,12,14-15H,7,11,13,16H2,1-6H3,(H,28,32);4-6,8,10-11,21H,3,7,9,12H2,1-2H3,(H,23,26)(H,24,25)/t26-;20-/m00/s1. The van der Waals surface area contributed by atoms with Gasteiger partial charge in [-0.1, -0.05) is 0 Å². The van der Waals surface area contributed by atoms with Crippen LogP contribution in [0.3, 0.4) is 0 Å². The van der Waals surface area contributed by atoms with E-state index in [4.69, 9.17) is 19.3 Å². The van der Waals surface area contributed by atoms with Gasteiger partial charge in [-0.2, -0.15) is 10.2 Å². The third kappa shape index (κ3) is 10.1. The van der Waals surface area contributed by atoms with Gasteiger partial charge in [-0.05, 0) is 115 Å². The summed E-state index contributed by atoms with van der Waals surface area (Å²) in [5, 5.41) is 23.5. The number of thioether (sulfide) groups is 2. The molecule has 2 aliphatic heterocycles. The highest BCUT2D eigenvalue weighted by atomic mass is 32.2. The van der Waals surface area contributed by atoms with Crippen LogP contribution in [0, 0.1) is 0 Å². The Labute approximate surface area is 381 Å². The molecule has 338 valence electrons. The Kier molecular flexibility index (Phi) is 14.1. The summed E-state index contributed by atoms with van der Waals surface area (Å²) in [6.07, 6.45) is 8.29. The lowest BCUT2D eigenvalue weighted by atomic mass is 10.1. The maximum absolute atomic E-state index is 13.5. The monoisotopic (exact) mass is 908 g/mol. The predicted octanol–water partition coefficient (Wildman–Crippen LogP) is 7.77. The Morgan fingerprint density at radius 2 is 1.41 bits per heavy atom. The number of nitrogens with one attached hydrogen (secondary N) is 4. The molecule has 0 saturated carbocycles. The second-order valence-electron chi connectivity index (χ2n) is 16.6. The third-order valence-corrected chi connectivity index (χ3v) is 13.8. The fraction of sp³-hybridized carbons (Fsp3) is 0.413. The van der Waals surface area contributed by atoms with Crippen LogP contribution < -0.4 is 25.4 Å². The maximum atomic E-state index is 13.5. The van der Waals surface area contributed by atoms with Crippen molar-refractivity contribution >= 4 is 74.6 Å². The van der Waals surface area contributed by atoms with Gasteiger partial charge >= 0.3 is 6.09 Å². The van der Waals surface area contributed by atoms with Crippen molar-refractivity contribution in [2.24, 2.45) is 7.05 Å². The topological polar surface area (TPSA) is 191 Å². The molecule has 2 aromatic carbocycles. The van der Waals surface area contributed by atoms with Crippen LogP contribution in [0.5, 0.6) is 11.8 Å². The first-order valence-electron chi connectivity index (χ1n) is 21.3. The normalized spacial score (nSPS) is 18.4. The maximum Gasteiger partial charge on any atom is 0.410 e. The molecule has 4 N–H and O–H groups in total. The number of rotatable bonds is 12. The fourth-order valence-electron chi connectivity index (χ4n) is 7.76. The Morgan fingerprint density at radius 1 is 0.797 bits per heavy atom. The summed E-state index contributed by atoms with van der Waals surface area (Å²) >= 11 is 3.07. The average molecular weight is 909 g/mol. The SMILES string of the molecule is CCOc1cc(-c2n[nH]c3ccc(NC(=O)[C@]4(SC)CCNC4)cc23)ccn1.CCOc1cc(-c2nn(C)c3ccc(NC(=O)[C@]4(SC)CCN(C(=O)OC(C)(C)C)C4)cc23)ccn1. The lowest BCUT2D eigenvalue weighted by molar-refractivity contribution is -0.118. The zero-order valence-corrected chi connectivity index (χ0v) is 39.2. The van der Waals surface area contributed by atoms with Gasteiger partial charge in [0.2, 0.25) is 23.6 Å². The summed E-state index contributed by atoms with van der Waals surface area (Å²) in [6.45, 7) is 12.8. The number of hydrogen-bond acceptors (Lipinski definition) is 13. The summed E-state index contributed by atoms with van der Waals surface area (Å²) in [7, 11) is 1.89. The van der Waals surface area contributed by atoms with E-state index in [0.717, 1.165) is 63.0 Å². The quantitative estimate of drug-likeness (QED) is 0.0933. The number of carbonyl (C=O) groups is 3. The summed E-state index contributed by atoms with van der Waals surface area (Å²) in [4.78, 5) is 49.0. The summed E-state index contributed by atoms with van der Waals surface area (Å²) in [6, 6.07) is 19.1.